The van der Waals surface area contributed by atoms with Crippen molar-refractivity contribution in [2.24, 2.45) is 0 Å². The van der Waals surface area contributed by atoms with Crippen LogP contribution in [0.3, 0.4) is 0 Å². The average Bonchev–Trinajstić information content (AvgIpc) is 2.92. The molecule has 0 fully saturated rings. The summed E-state index contributed by atoms with van der Waals surface area (Å²) in [5.74, 6) is -0.972. The van der Waals surface area contributed by atoms with Gasteiger partial charge in [0.05, 0.1) is 22.0 Å². The zero-order valence-corrected chi connectivity index (χ0v) is 26.5. The van der Waals surface area contributed by atoms with Gasteiger partial charge in [0.1, 0.15) is 12.6 Å². The van der Waals surface area contributed by atoms with Crippen LogP contribution in [0.25, 0.3) is 0 Å². The van der Waals surface area contributed by atoms with E-state index in [1.54, 1.807) is 18.2 Å². The summed E-state index contributed by atoms with van der Waals surface area (Å²) in [7, 11) is -3.95. The fourth-order valence-electron chi connectivity index (χ4n) is 4.15. The second kappa shape index (κ2) is 15.1. The lowest BCUT2D eigenvalue weighted by molar-refractivity contribution is -0.140. The van der Waals surface area contributed by atoms with Gasteiger partial charge in [-0.15, -0.1) is 0 Å². The molecule has 0 aliphatic carbocycles. The summed E-state index contributed by atoms with van der Waals surface area (Å²) in [6.45, 7) is 1.79. The van der Waals surface area contributed by atoms with Gasteiger partial charge in [-0.1, -0.05) is 96.1 Å². The Kier molecular flexibility index (Phi) is 12.2. The van der Waals surface area contributed by atoms with Crippen molar-refractivity contribution in [3.63, 3.8) is 0 Å². The van der Waals surface area contributed by atoms with Crippen molar-refractivity contribution >= 4 is 73.9 Å². The first kappa shape index (κ1) is 33.0. The van der Waals surface area contributed by atoms with Crippen LogP contribution in [0.5, 0.6) is 0 Å². The molecule has 0 aliphatic heterocycles. The van der Waals surface area contributed by atoms with Crippen LogP contribution in [0.15, 0.2) is 66.7 Å². The maximum absolute atomic E-state index is 14.1. The van der Waals surface area contributed by atoms with E-state index in [2.05, 4.69) is 5.32 Å². The molecule has 0 heterocycles. The topological polar surface area (TPSA) is 86.8 Å². The van der Waals surface area contributed by atoms with E-state index in [1.165, 1.54) is 23.1 Å². The SMILES string of the molecule is CCCCNC(=O)[C@H](Cc1ccccc1)N(Cc1ccc(Cl)cc1Cl)C(=O)CN(c1ccc(Cl)c(Cl)c1)S(C)(=O)=O. The molecule has 0 saturated carbocycles. The quantitative estimate of drug-likeness (QED) is 0.209. The standard InChI is InChI=1S/C29H31Cl4N3O4S/c1-3-4-14-34-29(38)27(15-20-8-6-5-7-9-20)35(18-21-10-11-22(30)16-25(21)32)28(37)19-36(41(2,39)40)23-12-13-24(31)26(33)17-23/h5-13,16-17,27H,3-4,14-15,18-19H2,1-2H3,(H,34,38)/t27-/m0/s1. The van der Waals surface area contributed by atoms with Crippen molar-refractivity contribution in [3.8, 4) is 0 Å². The van der Waals surface area contributed by atoms with Crippen molar-refractivity contribution in [2.75, 3.05) is 23.7 Å². The molecule has 1 atom stereocenters. The molecule has 3 aromatic rings. The first-order valence-electron chi connectivity index (χ1n) is 12.9. The first-order chi connectivity index (χ1) is 19.4. The highest BCUT2D eigenvalue weighted by molar-refractivity contribution is 7.92. The second-order valence-electron chi connectivity index (χ2n) is 9.48. The number of nitrogens with zero attached hydrogens (tertiary/aromatic N) is 2. The Morgan fingerprint density at radius 1 is 0.902 bits per heavy atom. The number of amides is 2. The summed E-state index contributed by atoms with van der Waals surface area (Å²) in [4.78, 5) is 29.1. The Labute approximate surface area is 261 Å². The van der Waals surface area contributed by atoms with E-state index in [4.69, 9.17) is 46.4 Å². The lowest BCUT2D eigenvalue weighted by Gasteiger charge is -2.33. The highest BCUT2D eigenvalue weighted by Gasteiger charge is 2.33. The van der Waals surface area contributed by atoms with Gasteiger partial charge in [0.15, 0.2) is 0 Å². The van der Waals surface area contributed by atoms with Gasteiger partial charge in [-0.05, 0) is 47.9 Å². The largest absolute Gasteiger partial charge is 0.354 e. The molecule has 41 heavy (non-hydrogen) atoms. The molecule has 12 heteroatoms. The zero-order valence-electron chi connectivity index (χ0n) is 22.6. The van der Waals surface area contributed by atoms with Gasteiger partial charge in [0, 0.05) is 29.6 Å². The van der Waals surface area contributed by atoms with Gasteiger partial charge in [-0.3, -0.25) is 13.9 Å². The van der Waals surface area contributed by atoms with E-state index >= 15 is 0 Å². The summed E-state index contributed by atoms with van der Waals surface area (Å²) in [6.07, 6.45) is 2.82. The second-order valence-corrected chi connectivity index (χ2v) is 13.0. The predicted octanol–water partition coefficient (Wildman–Crippen LogP) is 6.62. The van der Waals surface area contributed by atoms with Gasteiger partial charge >= 0.3 is 0 Å². The molecule has 0 bridgehead atoms. The number of anilines is 1. The summed E-state index contributed by atoms with van der Waals surface area (Å²) in [6, 6.07) is 17.5. The number of sulfonamides is 1. The lowest BCUT2D eigenvalue weighted by Crippen LogP contribution is -2.53. The third-order valence-corrected chi connectivity index (χ3v) is 8.79. The van der Waals surface area contributed by atoms with E-state index in [1.807, 2.05) is 37.3 Å². The third kappa shape index (κ3) is 9.51. The smallest absolute Gasteiger partial charge is 0.244 e. The van der Waals surface area contributed by atoms with Gasteiger partial charge in [0.25, 0.3) is 0 Å². The minimum atomic E-state index is -3.95. The number of hydrogen-bond acceptors (Lipinski definition) is 4. The van der Waals surface area contributed by atoms with Crippen LogP contribution in [0.2, 0.25) is 20.1 Å². The van der Waals surface area contributed by atoms with Crippen LogP contribution in [0.4, 0.5) is 5.69 Å². The molecule has 0 unspecified atom stereocenters. The van der Waals surface area contributed by atoms with E-state index in [9.17, 15) is 18.0 Å². The minimum Gasteiger partial charge on any atom is -0.354 e. The Bertz CT molecular complexity index is 1470. The minimum absolute atomic E-state index is 0.0630. The van der Waals surface area contributed by atoms with Crippen molar-refractivity contribution in [1.29, 1.82) is 0 Å². The number of unbranched alkanes of at least 4 members (excludes halogenated alkanes) is 1. The zero-order chi connectivity index (χ0) is 30.2. The highest BCUT2D eigenvalue weighted by atomic mass is 35.5. The fraction of sp³-hybridized carbons (Fsp3) is 0.310. The maximum atomic E-state index is 14.1. The number of benzene rings is 3. The molecule has 3 aromatic carbocycles. The Morgan fingerprint density at radius 3 is 2.22 bits per heavy atom. The van der Waals surface area contributed by atoms with Crippen LogP contribution in [-0.4, -0.2) is 50.5 Å². The van der Waals surface area contributed by atoms with Crippen molar-refractivity contribution in [1.82, 2.24) is 10.2 Å². The molecule has 0 radical (unpaired) electrons. The van der Waals surface area contributed by atoms with Gasteiger partial charge in [0.2, 0.25) is 21.8 Å². The number of carbonyl (C=O) groups excluding carboxylic acids is 2. The fourth-order valence-corrected chi connectivity index (χ4v) is 5.75. The van der Waals surface area contributed by atoms with Crippen LogP contribution in [0, 0.1) is 0 Å². The number of rotatable bonds is 13. The molecule has 7 nitrogen and oxygen atoms in total. The summed E-state index contributed by atoms with van der Waals surface area (Å²) < 4.78 is 26.7. The molecular formula is C29H31Cl4N3O4S. The summed E-state index contributed by atoms with van der Waals surface area (Å²) in [5, 5.41) is 4.02. The molecule has 1 N–H and O–H groups in total. The Balaban J connectivity index is 2.07. The Hall–Kier alpha value is -2.49. The molecule has 0 aliphatic rings. The van der Waals surface area contributed by atoms with E-state index in [-0.39, 0.29) is 34.6 Å². The van der Waals surface area contributed by atoms with Crippen LogP contribution in [-0.2, 0) is 32.6 Å². The van der Waals surface area contributed by atoms with Gasteiger partial charge < -0.3 is 10.2 Å². The summed E-state index contributed by atoms with van der Waals surface area (Å²) >= 11 is 24.8. The molecule has 3 rings (SSSR count). The lowest BCUT2D eigenvalue weighted by atomic mass is 10.0. The molecule has 220 valence electrons. The third-order valence-electron chi connectivity index (χ3n) is 6.33. The molecule has 0 aromatic heterocycles. The van der Waals surface area contributed by atoms with Crippen molar-refractivity contribution in [2.45, 2.75) is 38.8 Å². The van der Waals surface area contributed by atoms with Crippen molar-refractivity contribution in [3.05, 3.63) is 97.9 Å². The molecule has 2 amide bonds. The predicted molar refractivity (Wildman–Crippen MR) is 168 cm³/mol. The van der Waals surface area contributed by atoms with E-state index in [0.717, 1.165) is 29.0 Å². The Morgan fingerprint density at radius 2 is 1.61 bits per heavy atom. The van der Waals surface area contributed by atoms with Gasteiger partial charge in [-0.25, -0.2) is 8.42 Å². The number of hydrogen-bond donors (Lipinski definition) is 1. The number of nitrogens with one attached hydrogen (secondary N) is 1. The maximum Gasteiger partial charge on any atom is 0.244 e. The van der Waals surface area contributed by atoms with Gasteiger partial charge in [-0.2, -0.15) is 0 Å². The highest BCUT2D eigenvalue weighted by Crippen LogP contribution is 2.29. The van der Waals surface area contributed by atoms with Crippen LogP contribution in [0.1, 0.15) is 30.9 Å². The van der Waals surface area contributed by atoms with Crippen LogP contribution >= 0.6 is 46.4 Å². The van der Waals surface area contributed by atoms with E-state index in [0.29, 0.717) is 22.2 Å². The van der Waals surface area contributed by atoms with E-state index < -0.39 is 28.5 Å². The monoisotopic (exact) mass is 657 g/mol. The first-order valence-corrected chi connectivity index (χ1v) is 16.2. The van der Waals surface area contributed by atoms with Crippen molar-refractivity contribution < 1.29 is 18.0 Å². The number of carbonyl (C=O) groups is 2. The molecule has 0 spiro atoms. The molecule has 0 saturated heterocycles. The molecular weight excluding hydrogens is 628 g/mol. The number of halogens is 4. The summed E-state index contributed by atoms with van der Waals surface area (Å²) in [5.41, 5.74) is 1.53. The normalized spacial score (nSPS) is 12.0. The van der Waals surface area contributed by atoms with Crippen LogP contribution < -0.4 is 9.62 Å². The average molecular weight is 659 g/mol.